The maximum Gasteiger partial charge on any atom is 0.168 e. The third-order valence-electron chi connectivity index (χ3n) is 4.75. The molecule has 2 aromatic carbocycles. The van der Waals surface area contributed by atoms with E-state index in [0.717, 1.165) is 40.7 Å². The van der Waals surface area contributed by atoms with E-state index in [1.165, 1.54) is 5.56 Å². The molecule has 0 saturated heterocycles. The van der Waals surface area contributed by atoms with Crippen LogP contribution in [-0.2, 0) is 17.6 Å². The number of allylic oxidation sites excluding steroid dienone is 1. The van der Waals surface area contributed by atoms with Crippen molar-refractivity contribution < 1.29 is 9.90 Å². The van der Waals surface area contributed by atoms with Gasteiger partial charge in [-0.15, -0.1) is 0 Å². The highest BCUT2D eigenvalue weighted by Gasteiger charge is 2.30. The maximum atomic E-state index is 12.8. The van der Waals surface area contributed by atoms with E-state index in [0.29, 0.717) is 12.8 Å². The van der Waals surface area contributed by atoms with E-state index in [1.54, 1.807) is 0 Å². The third kappa shape index (κ3) is 2.11. The van der Waals surface area contributed by atoms with Gasteiger partial charge in [-0.1, -0.05) is 48.5 Å². The van der Waals surface area contributed by atoms with Crippen LogP contribution in [0.5, 0.6) is 0 Å². The molecular formula is C20H18O2. The van der Waals surface area contributed by atoms with E-state index in [9.17, 15) is 9.90 Å². The predicted octanol–water partition coefficient (Wildman–Crippen LogP) is 3.42. The zero-order chi connectivity index (χ0) is 15.1. The van der Waals surface area contributed by atoms with Crippen LogP contribution in [0.1, 0.15) is 35.1 Å². The van der Waals surface area contributed by atoms with Gasteiger partial charge in [0.05, 0.1) is 6.10 Å². The minimum absolute atomic E-state index is 0.176. The molecule has 110 valence electrons. The van der Waals surface area contributed by atoms with E-state index in [1.807, 2.05) is 36.4 Å². The van der Waals surface area contributed by atoms with Crippen molar-refractivity contribution >= 4 is 16.9 Å². The van der Waals surface area contributed by atoms with Crippen molar-refractivity contribution in [1.29, 1.82) is 0 Å². The standard InChI is InChI=1S/C20H18O2/c21-15-10-9-13-5-1-4-8-17(13)20-18(12-15)16-7-3-2-6-14(16)11-19(20)22/h1-8,15,21H,9-12H2. The third-order valence-corrected chi connectivity index (χ3v) is 4.75. The average Bonchev–Trinajstić information content (AvgIpc) is 2.52. The van der Waals surface area contributed by atoms with Gasteiger partial charge in [-0.05, 0) is 47.1 Å². The lowest BCUT2D eigenvalue weighted by Crippen LogP contribution is -2.21. The van der Waals surface area contributed by atoms with Crippen molar-refractivity contribution in [3.8, 4) is 0 Å². The molecule has 4 rings (SSSR count). The minimum Gasteiger partial charge on any atom is -0.393 e. The second-order valence-electron chi connectivity index (χ2n) is 6.16. The first-order valence-electron chi connectivity index (χ1n) is 7.85. The lowest BCUT2D eigenvalue weighted by molar-refractivity contribution is -0.113. The van der Waals surface area contributed by atoms with Crippen molar-refractivity contribution in [2.75, 3.05) is 0 Å². The van der Waals surface area contributed by atoms with Crippen molar-refractivity contribution in [1.82, 2.24) is 0 Å². The first kappa shape index (κ1) is 13.5. The van der Waals surface area contributed by atoms with Crippen LogP contribution in [0, 0.1) is 0 Å². The fourth-order valence-electron chi connectivity index (χ4n) is 3.70. The highest BCUT2D eigenvalue weighted by Crippen LogP contribution is 2.40. The molecule has 1 atom stereocenters. The molecule has 0 aromatic heterocycles. The van der Waals surface area contributed by atoms with Crippen molar-refractivity contribution in [3.05, 3.63) is 70.8 Å². The van der Waals surface area contributed by atoms with E-state index >= 15 is 0 Å². The van der Waals surface area contributed by atoms with Crippen molar-refractivity contribution in [3.63, 3.8) is 0 Å². The van der Waals surface area contributed by atoms with E-state index in [2.05, 4.69) is 12.1 Å². The molecule has 0 aliphatic heterocycles. The van der Waals surface area contributed by atoms with Crippen molar-refractivity contribution in [2.24, 2.45) is 0 Å². The van der Waals surface area contributed by atoms with Crippen LogP contribution < -0.4 is 0 Å². The highest BCUT2D eigenvalue weighted by molar-refractivity contribution is 6.30. The topological polar surface area (TPSA) is 37.3 Å². The molecule has 22 heavy (non-hydrogen) atoms. The number of fused-ring (bicyclic) bond motifs is 4. The van der Waals surface area contributed by atoms with Gasteiger partial charge in [0, 0.05) is 12.0 Å². The Balaban J connectivity index is 2.02. The first-order valence-corrected chi connectivity index (χ1v) is 7.85. The van der Waals surface area contributed by atoms with Crippen LogP contribution in [0.4, 0.5) is 0 Å². The number of hydrogen-bond donors (Lipinski definition) is 1. The molecule has 0 amide bonds. The molecule has 0 heterocycles. The summed E-state index contributed by atoms with van der Waals surface area (Å²) in [4.78, 5) is 12.8. The normalized spacial score (nSPS) is 20.6. The van der Waals surface area contributed by atoms with Crippen LogP contribution in [0.3, 0.4) is 0 Å². The SMILES string of the molecule is O=C1Cc2ccccc2C2=C1c1ccccc1CCC(O)C2. The molecular weight excluding hydrogens is 272 g/mol. The zero-order valence-corrected chi connectivity index (χ0v) is 12.4. The second-order valence-corrected chi connectivity index (χ2v) is 6.16. The summed E-state index contributed by atoms with van der Waals surface area (Å²) >= 11 is 0. The number of aliphatic hydroxyl groups excluding tert-OH is 1. The van der Waals surface area contributed by atoms with Gasteiger partial charge in [0.15, 0.2) is 5.78 Å². The van der Waals surface area contributed by atoms with E-state index in [-0.39, 0.29) is 5.78 Å². The smallest absolute Gasteiger partial charge is 0.168 e. The van der Waals surface area contributed by atoms with Crippen molar-refractivity contribution in [2.45, 2.75) is 31.8 Å². The summed E-state index contributed by atoms with van der Waals surface area (Å²) in [6, 6.07) is 16.2. The number of carbonyl (C=O) groups is 1. The number of carbonyl (C=O) groups excluding carboxylic acids is 1. The monoisotopic (exact) mass is 290 g/mol. The summed E-state index contributed by atoms with van der Waals surface area (Å²) in [5, 5.41) is 10.3. The molecule has 2 heteroatoms. The molecule has 2 aliphatic carbocycles. The summed E-state index contributed by atoms with van der Waals surface area (Å²) in [5.74, 6) is 0.176. The Kier molecular flexibility index (Phi) is 3.20. The molecule has 1 N–H and O–H groups in total. The molecule has 2 nitrogen and oxygen atoms in total. The molecule has 0 radical (unpaired) electrons. The predicted molar refractivity (Wildman–Crippen MR) is 87.4 cm³/mol. The quantitative estimate of drug-likeness (QED) is 0.807. The van der Waals surface area contributed by atoms with Gasteiger partial charge in [-0.3, -0.25) is 4.79 Å². The average molecular weight is 290 g/mol. The van der Waals surface area contributed by atoms with Gasteiger partial charge in [0.25, 0.3) is 0 Å². The molecule has 1 unspecified atom stereocenters. The molecule has 0 spiro atoms. The Labute approximate surface area is 130 Å². The van der Waals surface area contributed by atoms with Crippen LogP contribution in [0.2, 0.25) is 0 Å². The van der Waals surface area contributed by atoms with Crippen LogP contribution in [-0.4, -0.2) is 17.0 Å². The summed E-state index contributed by atoms with van der Waals surface area (Å²) < 4.78 is 0. The molecule has 0 bridgehead atoms. The largest absolute Gasteiger partial charge is 0.393 e. The number of aliphatic hydroxyl groups is 1. The number of aryl methyl sites for hydroxylation is 1. The summed E-state index contributed by atoms with van der Waals surface area (Å²) in [5.41, 5.74) is 6.29. The van der Waals surface area contributed by atoms with E-state index < -0.39 is 6.10 Å². The fraction of sp³-hybridized carbons (Fsp3) is 0.250. The first-order chi connectivity index (χ1) is 10.7. The van der Waals surface area contributed by atoms with Gasteiger partial charge < -0.3 is 5.11 Å². The Morgan fingerprint density at radius 2 is 1.59 bits per heavy atom. The van der Waals surface area contributed by atoms with Crippen LogP contribution in [0.25, 0.3) is 11.1 Å². The Bertz CT molecular complexity index is 786. The van der Waals surface area contributed by atoms with Crippen LogP contribution in [0.15, 0.2) is 48.5 Å². The molecule has 0 fully saturated rings. The Morgan fingerprint density at radius 1 is 0.909 bits per heavy atom. The Morgan fingerprint density at radius 3 is 2.41 bits per heavy atom. The second kappa shape index (κ2) is 5.22. The van der Waals surface area contributed by atoms with Gasteiger partial charge in [0.1, 0.15) is 0 Å². The lowest BCUT2D eigenvalue weighted by Gasteiger charge is -2.28. The van der Waals surface area contributed by atoms with E-state index in [4.69, 9.17) is 0 Å². The lowest BCUT2D eigenvalue weighted by atomic mass is 9.76. The number of rotatable bonds is 0. The van der Waals surface area contributed by atoms with Gasteiger partial charge >= 0.3 is 0 Å². The molecule has 2 aromatic rings. The summed E-state index contributed by atoms with van der Waals surface area (Å²) in [6.07, 6.45) is 2.19. The summed E-state index contributed by atoms with van der Waals surface area (Å²) in [7, 11) is 0. The number of hydrogen-bond acceptors (Lipinski definition) is 2. The highest BCUT2D eigenvalue weighted by atomic mass is 16.3. The molecule has 2 aliphatic rings. The van der Waals surface area contributed by atoms with Gasteiger partial charge in [-0.25, -0.2) is 0 Å². The fourth-order valence-corrected chi connectivity index (χ4v) is 3.70. The van der Waals surface area contributed by atoms with Gasteiger partial charge in [-0.2, -0.15) is 0 Å². The number of Topliss-reactive ketones (excluding diaryl/α,β-unsaturated/α-hetero) is 1. The number of ketones is 1. The summed E-state index contributed by atoms with van der Waals surface area (Å²) in [6.45, 7) is 0. The Hall–Kier alpha value is -2.19. The molecule has 0 saturated carbocycles. The maximum absolute atomic E-state index is 12.8. The zero-order valence-electron chi connectivity index (χ0n) is 12.4. The number of benzene rings is 2. The van der Waals surface area contributed by atoms with Gasteiger partial charge in [0.2, 0.25) is 0 Å². The van der Waals surface area contributed by atoms with Crippen LogP contribution >= 0.6 is 0 Å². The minimum atomic E-state index is -0.391.